The zero-order valence-electron chi connectivity index (χ0n) is 8.95. The maximum absolute atomic E-state index is 10.7. The molecule has 0 aliphatic rings. The number of carboxylic acids is 1. The molecule has 17 heavy (non-hydrogen) atoms. The van der Waals surface area contributed by atoms with Gasteiger partial charge in [0.1, 0.15) is 5.75 Å². The molecule has 0 amide bonds. The zero-order chi connectivity index (χ0) is 12.3. The second-order valence-corrected chi connectivity index (χ2v) is 3.24. The Labute approximate surface area is 96.1 Å². The molecule has 0 saturated heterocycles. The molecule has 7 nitrogen and oxygen atoms in total. The van der Waals surface area contributed by atoms with Gasteiger partial charge in [-0.2, -0.15) is 4.98 Å². The molecule has 0 fully saturated rings. The van der Waals surface area contributed by atoms with E-state index in [1.54, 1.807) is 6.92 Å². The zero-order valence-corrected chi connectivity index (χ0v) is 8.95. The molecule has 0 aromatic carbocycles. The van der Waals surface area contributed by atoms with Gasteiger partial charge in [-0.25, -0.2) is 4.79 Å². The maximum Gasteiger partial charge on any atom is 0.337 e. The second-order valence-electron chi connectivity index (χ2n) is 3.24. The van der Waals surface area contributed by atoms with Gasteiger partial charge < -0.3 is 14.4 Å². The molecule has 0 aliphatic carbocycles. The molecular formula is C10H9N3O4. The highest BCUT2D eigenvalue weighted by Gasteiger charge is 2.07. The quantitative estimate of drug-likeness (QED) is 0.845. The Morgan fingerprint density at radius 2 is 2.35 bits per heavy atom. The summed E-state index contributed by atoms with van der Waals surface area (Å²) in [6, 6.07) is 1.37. The lowest BCUT2D eigenvalue weighted by atomic mass is 10.3. The topological polar surface area (TPSA) is 98.3 Å². The molecule has 2 heterocycles. The normalized spacial score (nSPS) is 10.2. The predicted molar refractivity (Wildman–Crippen MR) is 54.6 cm³/mol. The number of aromatic carboxylic acids is 1. The first-order valence-electron chi connectivity index (χ1n) is 4.75. The van der Waals surface area contributed by atoms with Gasteiger partial charge in [-0.05, 0) is 13.0 Å². The summed E-state index contributed by atoms with van der Waals surface area (Å²) >= 11 is 0. The maximum atomic E-state index is 10.7. The number of aromatic nitrogens is 3. The van der Waals surface area contributed by atoms with E-state index in [9.17, 15) is 4.79 Å². The third-order valence-corrected chi connectivity index (χ3v) is 1.89. The van der Waals surface area contributed by atoms with Crippen LogP contribution in [0.3, 0.4) is 0 Å². The van der Waals surface area contributed by atoms with Crippen molar-refractivity contribution in [1.82, 2.24) is 15.1 Å². The van der Waals surface area contributed by atoms with Gasteiger partial charge in [0.25, 0.3) is 5.89 Å². The van der Waals surface area contributed by atoms with Crippen molar-refractivity contribution in [3.8, 4) is 5.75 Å². The van der Waals surface area contributed by atoms with Crippen molar-refractivity contribution >= 4 is 5.97 Å². The first-order valence-corrected chi connectivity index (χ1v) is 4.75. The van der Waals surface area contributed by atoms with Crippen LogP contribution in [0.25, 0.3) is 0 Å². The Morgan fingerprint density at radius 1 is 1.53 bits per heavy atom. The van der Waals surface area contributed by atoms with Crippen molar-refractivity contribution in [3.05, 3.63) is 35.7 Å². The highest BCUT2D eigenvalue weighted by molar-refractivity contribution is 5.87. The predicted octanol–water partition coefficient (Wildman–Crippen LogP) is 1.05. The van der Waals surface area contributed by atoms with Crippen LogP contribution in [-0.4, -0.2) is 26.2 Å². The molecule has 1 N–H and O–H groups in total. The van der Waals surface area contributed by atoms with Crippen molar-refractivity contribution < 1.29 is 19.2 Å². The Hall–Kier alpha value is -2.44. The van der Waals surface area contributed by atoms with Crippen LogP contribution in [0.15, 0.2) is 23.0 Å². The standard InChI is InChI=1S/C10H9N3O4/c1-6-12-9(17-13-6)5-16-8-2-7(10(14)15)3-11-4-8/h2-4H,5H2,1H3,(H,14,15). The fourth-order valence-corrected chi connectivity index (χ4v) is 1.16. The van der Waals surface area contributed by atoms with E-state index in [2.05, 4.69) is 15.1 Å². The number of aryl methyl sites for hydroxylation is 1. The SMILES string of the molecule is Cc1noc(COc2cncc(C(=O)O)c2)n1. The Morgan fingerprint density at radius 3 is 3.00 bits per heavy atom. The minimum Gasteiger partial charge on any atom is -0.482 e. The molecule has 88 valence electrons. The van der Waals surface area contributed by atoms with E-state index in [1.165, 1.54) is 18.5 Å². The number of nitrogens with zero attached hydrogens (tertiary/aromatic N) is 3. The van der Waals surface area contributed by atoms with Gasteiger partial charge in [-0.3, -0.25) is 4.98 Å². The van der Waals surface area contributed by atoms with E-state index in [0.29, 0.717) is 17.5 Å². The Balaban J connectivity index is 2.04. The summed E-state index contributed by atoms with van der Waals surface area (Å²) in [6.07, 6.45) is 2.65. The van der Waals surface area contributed by atoms with Crippen molar-refractivity contribution in [2.75, 3.05) is 0 Å². The molecule has 0 atom stereocenters. The highest BCUT2D eigenvalue weighted by atomic mass is 16.5. The number of rotatable bonds is 4. The van der Waals surface area contributed by atoms with Crippen LogP contribution in [0.5, 0.6) is 5.75 Å². The van der Waals surface area contributed by atoms with Crippen molar-refractivity contribution in [2.24, 2.45) is 0 Å². The molecule has 2 aromatic rings. The minimum absolute atomic E-state index is 0.0595. The summed E-state index contributed by atoms with van der Waals surface area (Å²) in [5, 5.41) is 12.4. The highest BCUT2D eigenvalue weighted by Crippen LogP contribution is 2.12. The lowest BCUT2D eigenvalue weighted by Gasteiger charge is -2.02. The number of carboxylic acid groups (broad SMARTS) is 1. The molecule has 0 radical (unpaired) electrons. The van der Waals surface area contributed by atoms with Crippen LogP contribution in [0.2, 0.25) is 0 Å². The molecule has 7 heteroatoms. The van der Waals surface area contributed by atoms with Crippen LogP contribution in [-0.2, 0) is 6.61 Å². The number of carbonyl (C=O) groups is 1. The van der Waals surface area contributed by atoms with Crippen LogP contribution in [0.1, 0.15) is 22.1 Å². The molecular weight excluding hydrogens is 226 g/mol. The number of pyridine rings is 1. The van der Waals surface area contributed by atoms with E-state index >= 15 is 0 Å². The lowest BCUT2D eigenvalue weighted by Crippen LogP contribution is -2.00. The summed E-state index contributed by atoms with van der Waals surface area (Å²) in [7, 11) is 0. The third-order valence-electron chi connectivity index (χ3n) is 1.89. The van der Waals surface area contributed by atoms with E-state index in [0.717, 1.165) is 0 Å². The molecule has 0 unspecified atom stereocenters. The molecule has 0 spiro atoms. The molecule has 0 bridgehead atoms. The summed E-state index contributed by atoms with van der Waals surface area (Å²) in [5.41, 5.74) is 0.0595. The van der Waals surface area contributed by atoms with Gasteiger partial charge in [0.15, 0.2) is 12.4 Å². The van der Waals surface area contributed by atoms with Gasteiger partial charge in [-0.1, -0.05) is 5.16 Å². The van der Waals surface area contributed by atoms with Crippen molar-refractivity contribution in [1.29, 1.82) is 0 Å². The van der Waals surface area contributed by atoms with E-state index in [1.807, 2.05) is 0 Å². The number of hydrogen-bond acceptors (Lipinski definition) is 6. The summed E-state index contributed by atoms with van der Waals surface area (Å²) in [6.45, 7) is 1.77. The fraction of sp³-hybridized carbons (Fsp3) is 0.200. The monoisotopic (exact) mass is 235 g/mol. The first kappa shape index (κ1) is 11.1. The van der Waals surface area contributed by atoms with Crippen molar-refractivity contribution in [2.45, 2.75) is 13.5 Å². The molecule has 2 rings (SSSR count). The van der Waals surface area contributed by atoms with Gasteiger partial charge in [0, 0.05) is 6.20 Å². The number of ether oxygens (including phenoxy) is 1. The van der Waals surface area contributed by atoms with Gasteiger partial charge in [0.05, 0.1) is 11.8 Å². The molecule has 0 aliphatic heterocycles. The van der Waals surface area contributed by atoms with Crippen molar-refractivity contribution in [3.63, 3.8) is 0 Å². The molecule has 2 aromatic heterocycles. The van der Waals surface area contributed by atoms with Gasteiger partial charge in [0.2, 0.25) is 0 Å². The van der Waals surface area contributed by atoms with Crippen LogP contribution in [0, 0.1) is 6.92 Å². The lowest BCUT2D eigenvalue weighted by molar-refractivity contribution is 0.0696. The van der Waals surface area contributed by atoms with E-state index in [-0.39, 0.29) is 12.2 Å². The van der Waals surface area contributed by atoms with E-state index in [4.69, 9.17) is 14.4 Å². The Bertz CT molecular complexity index is 538. The average Bonchev–Trinajstić information content (AvgIpc) is 2.73. The largest absolute Gasteiger partial charge is 0.482 e. The van der Waals surface area contributed by atoms with Crippen LogP contribution >= 0.6 is 0 Å². The Kier molecular flexibility index (Phi) is 2.99. The number of hydrogen-bond donors (Lipinski definition) is 1. The first-order chi connectivity index (χ1) is 8.15. The van der Waals surface area contributed by atoms with Crippen LogP contribution < -0.4 is 4.74 Å². The van der Waals surface area contributed by atoms with Gasteiger partial charge >= 0.3 is 5.97 Å². The summed E-state index contributed by atoms with van der Waals surface area (Å²) in [5.74, 6) is 0.113. The minimum atomic E-state index is -1.06. The van der Waals surface area contributed by atoms with Crippen LogP contribution in [0.4, 0.5) is 0 Å². The third kappa shape index (κ3) is 2.77. The van der Waals surface area contributed by atoms with Gasteiger partial charge in [-0.15, -0.1) is 0 Å². The second kappa shape index (κ2) is 4.60. The average molecular weight is 235 g/mol. The molecule has 0 saturated carbocycles. The smallest absolute Gasteiger partial charge is 0.337 e. The summed E-state index contributed by atoms with van der Waals surface area (Å²) < 4.78 is 10.1. The summed E-state index contributed by atoms with van der Waals surface area (Å²) in [4.78, 5) is 18.4. The fourth-order valence-electron chi connectivity index (χ4n) is 1.16. The van der Waals surface area contributed by atoms with E-state index < -0.39 is 5.97 Å².